The van der Waals surface area contributed by atoms with E-state index >= 15 is 9.18 Å². The van der Waals surface area contributed by atoms with E-state index in [2.05, 4.69) is 74.4 Å². The number of aromatic nitrogens is 9. The molecule has 61 heavy (non-hydrogen) atoms. The maximum atomic E-state index is 16.0. The van der Waals surface area contributed by atoms with Crippen LogP contribution in [0.3, 0.4) is 0 Å². The average molecular weight is 939 g/mol. The number of hydrogen-bond donors (Lipinski definition) is 1. The molecule has 1 saturated heterocycles. The summed E-state index contributed by atoms with van der Waals surface area (Å²) >= 11 is 2.58. The molecule has 4 saturated carbocycles. The Bertz CT molecular complexity index is 3120. The van der Waals surface area contributed by atoms with Crippen LogP contribution in [0.1, 0.15) is 105 Å². The summed E-state index contributed by atoms with van der Waals surface area (Å²) in [6.07, 6.45) is 11.2. The van der Waals surface area contributed by atoms with E-state index in [4.69, 9.17) is 14.4 Å². The molecule has 0 unspecified atom stereocenters. The van der Waals surface area contributed by atoms with E-state index in [0.29, 0.717) is 66.6 Å². The third-order valence-electron chi connectivity index (χ3n) is 14.5. The number of amides is 1. The molecule has 2 bridgehead atoms. The monoisotopic (exact) mass is 938 g/mol. The highest BCUT2D eigenvalue weighted by Crippen LogP contribution is 2.63. The standard InChI is InChI=1S/C44H44FIN10O5/c1-24-34-29(49-56(42-19-25(20-42)21-42)36(34)54-15-14-53(40(54)59)32-8-7-31-28(35(32)45)22-47-51(31)4)9-13-52(24)37(57)33-18-26-17-27(43(46)12-16-60-41(2,3)23-43)5-6-30(26)55(33)44(10-11-44)38-48-39(58)61-50-38/h5-8,14-15,17-18,22,24-25H,9-13,16,19-21,23H2,1-4H3,(H,48,50,58)/t24-,25?,42?,43-/m0/s1. The van der Waals surface area contributed by atoms with E-state index in [1.807, 2.05) is 22.6 Å². The number of fused-ring (bicyclic) bond motifs is 3. The van der Waals surface area contributed by atoms with Gasteiger partial charge in [-0.1, -0.05) is 33.8 Å². The average Bonchev–Trinajstić information content (AvgIpc) is 3.63. The number of hydrogen-bond acceptors (Lipinski definition) is 8. The van der Waals surface area contributed by atoms with Crippen LogP contribution < -0.4 is 11.4 Å². The second-order valence-electron chi connectivity index (χ2n) is 18.8. The van der Waals surface area contributed by atoms with Crippen molar-refractivity contribution in [3.8, 4) is 11.5 Å². The highest BCUT2D eigenvalue weighted by atomic mass is 127. The first-order valence-electron chi connectivity index (χ1n) is 21.1. The smallest absolute Gasteiger partial charge is 0.375 e. The summed E-state index contributed by atoms with van der Waals surface area (Å²) in [4.78, 5) is 47.0. The number of H-pyrrole nitrogens is 1. The predicted molar refractivity (Wildman–Crippen MR) is 230 cm³/mol. The fraction of sp³-hybridized carbons (Fsp3) is 0.455. The second kappa shape index (κ2) is 12.4. The summed E-state index contributed by atoms with van der Waals surface area (Å²) in [5, 5.41) is 14.8. The summed E-state index contributed by atoms with van der Waals surface area (Å²) in [6.45, 7) is 7.34. The Morgan fingerprint density at radius 2 is 1.79 bits per heavy atom. The van der Waals surface area contributed by atoms with Gasteiger partial charge in [0.25, 0.3) is 5.91 Å². The summed E-state index contributed by atoms with van der Waals surface area (Å²) in [6, 6.07) is 11.3. The lowest BCUT2D eigenvalue weighted by Gasteiger charge is -2.61. The molecular weight excluding hydrogens is 894 g/mol. The molecule has 1 N–H and O–H groups in total. The first-order valence-corrected chi connectivity index (χ1v) is 22.2. The Labute approximate surface area is 361 Å². The van der Waals surface area contributed by atoms with Gasteiger partial charge in [0.05, 0.1) is 49.1 Å². The fourth-order valence-electron chi connectivity index (χ4n) is 11.2. The van der Waals surface area contributed by atoms with Crippen LogP contribution in [-0.4, -0.2) is 73.0 Å². The van der Waals surface area contributed by atoms with Crippen molar-refractivity contribution in [1.29, 1.82) is 0 Å². The van der Waals surface area contributed by atoms with Crippen LogP contribution in [0.25, 0.3) is 33.3 Å². The molecular formula is C44H44FIN10O5. The molecule has 1 amide bonds. The maximum absolute atomic E-state index is 16.0. The zero-order valence-electron chi connectivity index (χ0n) is 34.2. The van der Waals surface area contributed by atoms with Gasteiger partial charge in [-0.2, -0.15) is 10.2 Å². The molecule has 0 spiro atoms. The van der Waals surface area contributed by atoms with Crippen molar-refractivity contribution in [3.05, 3.63) is 110 Å². The third kappa shape index (κ3) is 5.21. The normalized spacial score (nSPS) is 26.0. The molecule has 5 aromatic heterocycles. The highest BCUT2D eigenvalue weighted by Gasteiger charge is 2.60. The molecule has 5 fully saturated rings. The van der Waals surface area contributed by atoms with Crippen molar-refractivity contribution >= 4 is 50.3 Å². The van der Waals surface area contributed by atoms with Crippen LogP contribution >= 0.6 is 22.6 Å². The lowest BCUT2D eigenvalue weighted by molar-refractivity contribution is -0.0979. The fourth-order valence-corrected chi connectivity index (χ4v) is 12.7. The van der Waals surface area contributed by atoms with Gasteiger partial charge in [0.1, 0.15) is 17.1 Å². The lowest BCUT2D eigenvalue weighted by atomic mass is 9.50. The summed E-state index contributed by atoms with van der Waals surface area (Å²) < 4.78 is 35.6. The number of carbonyl (C=O) groups is 1. The molecule has 2 aromatic carbocycles. The van der Waals surface area contributed by atoms with E-state index in [-0.39, 0.29) is 26.2 Å². The first kappa shape index (κ1) is 37.5. The SMILES string of the molecule is C[C@H]1c2c(nn(C34CC(C3)C4)c2-n2ccn(-c3ccc4c(cnn4C)c3F)c2=O)CCN1C(=O)c1cc2cc([C@]3(I)CCOC(C)(C)C3)ccc2n1C1(c2noc(=O)[nH]2)CC1. The molecule has 314 valence electrons. The number of imidazole rings is 1. The van der Waals surface area contributed by atoms with Gasteiger partial charge in [0.15, 0.2) is 11.6 Å². The van der Waals surface area contributed by atoms with Crippen LogP contribution in [0.4, 0.5) is 4.39 Å². The van der Waals surface area contributed by atoms with Crippen molar-refractivity contribution < 1.29 is 18.4 Å². The maximum Gasteiger partial charge on any atom is 0.438 e. The minimum absolute atomic E-state index is 0.131. The number of nitrogens with zero attached hydrogens (tertiary/aromatic N) is 9. The van der Waals surface area contributed by atoms with Gasteiger partial charge in [-0.25, -0.2) is 18.7 Å². The summed E-state index contributed by atoms with van der Waals surface area (Å²) in [5.41, 5.74) is 3.29. The first-order chi connectivity index (χ1) is 29.2. The van der Waals surface area contributed by atoms with E-state index in [9.17, 15) is 9.59 Å². The number of benzene rings is 2. The van der Waals surface area contributed by atoms with Crippen LogP contribution in [0.15, 0.2) is 69.1 Å². The zero-order valence-corrected chi connectivity index (χ0v) is 36.4. The minimum atomic E-state index is -0.766. The predicted octanol–water partition coefficient (Wildman–Crippen LogP) is 6.51. The van der Waals surface area contributed by atoms with Gasteiger partial charge in [-0.15, -0.1) is 0 Å². The Hall–Kier alpha value is -5.30. The van der Waals surface area contributed by atoms with Crippen LogP contribution in [0.5, 0.6) is 0 Å². The Balaban J connectivity index is 0.976. The molecule has 2 atom stereocenters. The van der Waals surface area contributed by atoms with Gasteiger partial charge < -0.3 is 14.2 Å². The number of nitrogens with one attached hydrogen (secondary N) is 1. The van der Waals surface area contributed by atoms with E-state index in [1.165, 1.54) is 16.3 Å². The highest BCUT2D eigenvalue weighted by molar-refractivity contribution is 14.1. The zero-order chi connectivity index (χ0) is 42.0. The van der Waals surface area contributed by atoms with Crippen molar-refractivity contribution in [2.45, 2.75) is 98.3 Å². The summed E-state index contributed by atoms with van der Waals surface area (Å²) in [5.74, 6) is 0.316. The van der Waals surface area contributed by atoms with E-state index < -0.39 is 28.8 Å². The van der Waals surface area contributed by atoms with Gasteiger partial charge in [-0.05, 0) is 108 Å². The molecule has 0 radical (unpaired) electrons. The molecule has 13 rings (SSSR count). The molecule has 17 heteroatoms. The topological polar surface area (TPSA) is 156 Å². The molecule has 2 aliphatic heterocycles. The second-order valence-corrected chi connectivity index (χ2v) is 20.8. The largest absolute Gasteiger partial charge is 0.438 e. The van der Waals surface area contributed by atoms with Crippen LogP contribution in [0, 0.1) is 11.7 Å². The lowest BCUT2D eigenvalue weighted by Crippen LogP contribution is -2.60. The van der Waals surface area contributed by atoms with Crippen LogP contribution in [-0.2, 0) is 32.7 Å². The number of carbonyl (C=O) groups excluding carboxylic acids is 1. The van der Waals surface area contributed by atoms with E-state index in [0.717, 1.165) is 54.3 Å². The number of halogens is 2. The van der Waals surface area contributed by atoms with Gasteiger partial charge in [-0.3, -0.25) is 28.1 Å². The van der Waals surface area contributed by atoms with Crippen molar-refractivity contribution in [2.24, 2.45) is 13.0 Å². The summed E-state index contributed by atoms with van der Waals surface area (Å²) in [7, 11) is 1.75. The molecule has 4 aliphatic carbocycles. The van der Waals surface area contributed by atoms with Crippen molar-refractivity contribution in [2.75, 3.05) is 13.2 Å². The van der Waals surface area contributed by atoms with Gasteiger partial charge in [0.2, 0.25) is 0 Å². The Morgan fingerprint density at radius 3 is 2.49 bits per heavy atom. The third-order valence-corrected chi connectivity index (χ3v) is 16.1. The van der Waals surface area contributed by atoms with Crippen molar-refractivity contribution in [1.82, 2.24) is 48.3 Å². The number of aryl methyl sites for hydroxylation is 1. The van der Waals surface area contributed by atoms with Crippen LogP contribution in [0.2, 0.25) is 0 Å². The van der Waals surface area contributed by atoms with Crippen molar-refractivity contribution in [3.63, 3.8) is 0 Å². The number of ether oxygens (including phenoxy) is 1. The molecule has 6 aliphatic rings. The van der Waals surface area contributed by atoms with E-state index in [1.54, 1.807) is 40.8 Å². The quantitative estimate of drug-likeness (QED) is 0.140. The Kier molecular flexibility index (Phi) is 7.63. The van der Waals surface area contributed by atoms with Gasteiger partial charge >= 0.3 is 11.4 Å². The molecule has 15 nitrogen and oxygen atoms in total. The molecule has 7 aromatic rings. The molecule has 7 heterocycles. The minimum Gasteiger partial charge on any atom is -0.375 e. The number of aromatic amines is 1. The Morgan fingerprint density at radius 1 is 1.02 bits per heavy atom. The number of rotatable bonds is 7. The van der Waals surface area contributed by atoms with Gasteiger partial charge in [0, 0.05) is 55.5 Å². The number of alkyl halides is 1.